The summed E-state index contributed by atoms with van der Waals surface area (Å²) >= 11 is 0. The third kappa shape index (κ3) is 7.27. The van der Waals surface area contributed by atoms with Crippen LogP contribution >= 0.6 is 0 Å². The lowest BCUT2D eigenvalue weighted by Gasteiger charge is -2.06. The maximum atomic E-state index is 7.37. The Bertz CT molecular complexity index is 300. The molecule has 1 aromatic rings. The first-order valence-electron chi connectivity index (χ1n) is 6.28. The third-order valence-electron chi connectivity index (χ3n) is 2.50. The zero-order valence-electron chi connectivity index (χ0n) is 11.0. The highest BCUT2D eigenvalue weighted by atomic mass is 16.5. The Morgan fingerprint density at radius 2 is 1.56 bits per heavy atom. The number of benzene rings is 1. The highest BCUT2D eigenvalue weighted by molar-refractivity contribution is 5.35. The van der Waals surface area contributed by atoms with Crippen LogP contribution in [0.4, 0.5) is 5.69 Å². The number of methoxy groups -OCH3 is 1. The number of hydrogen-bond donors (Lipinski definition) is 0. The predicted molar refractivity (Wildman–Crippen MR) is 71.0 cm³/mol. The molecule has 0 heterocycles. The van der Waals surface area contributed by atoms with E-state index < -0.39 is 0 Å². The molecule has 0 aliphatic heterocycles. The van der Waals surface area contributed by atoms with Gasteiger partial charge in [-0.25, -0.2) is 0 Å². The van der Waals surface area contributed by atoms with Crippen molar-refractivity contribution in [1.82, 2.24) is 5.73 Å². The van der Waals surface area contributed by atoms with E-state index in [1.807, 2.05) is 12.1 Å². The lowest BCUT2D eigenvalue weighted by atomic mass is 10.1. The van der Waals surface area contributed by atoms with E-state index in [0.29, 0.717) is 25.5 Å². The standard InChI is InChI=1S/C14H22NO3/c1-16-8-2-9-17-11-12-18-10-7-13-3-5-14(15)6-4-13/h3-6,15H,2,7-12H2,1H3. The molecule has 0 spiro atoms. The summed E-state index contributed by atoms with van der Waals surface area (Å²) in [7, 11) is 1.69. The van der Waals surface area contributed by atoms with Crippen LogP contribution in [-0.2, 0) is 20.6 Å². The van der Waals surface area contributed by atoms with E-state index >= 15 is 0 Å². The van der Waals surface area contributed by atoms with Crippen molar-refractivity contribution in [2.75, 3.05) is 40.1 Å². The molecule has 0 bridgehead atoms. The van der Waals surface area contributed by atoms with Gasteiger partial charge in [-0.05, 0) is 30.5 Å². The molecule has 4 nitrogen and oxygen atoms in total. The Morgan fingerprint density at radius 3 is 2.22 bits per heavy atom. The lowest BCUT2D eigenvalue weighted by molar-refractivity contribution is 0.0409. The molecule has 1 rings (SSSR count). The molecule has 101 valence electrons. The first-order valence-corrected chi connectivity index (χ1v) is 6.28. The molecule has 0 amide bonds. The maximum absolute atomic E-state index is 7.37. The first kappa shape index (κ1) is 15.0. The van der Waals surface area contributed by atoms with Crippen LogP contribution in [0, 0.1) is 0 Å². The average Bonchev–Trinajstić information content (AvgIpc) is 2.39. The fourth-order valence-electron chi connectivity index (χ4n) is 1.49. The Hall–Kier alpha value is -1.10. The summed E-state index contributed by atoms with van der Waals surface area (Å²) in [6.07, 6.45) is 1.81. The topological polar surface area (TPSA) is 51.5 Å². The molecule has 18 heavy (non-hydrogen) atoms. The molecule has 0 unspecified atom stereocenters. The van der Waals surface area contributed by atoms with Gasteiger partial charge >= 0.3 is 0 Å². The molecule has 0 aliphatic rings. The van der Waals surface area contributed by atoms with Gasteiger partial charge in [-0.1, -0.05) is 12.1 Å². The average molecular weight is 252 g/mol. The van der Waals surface area contributed by atoms with Gasteiger partial charge in [-0.3, -0.25) is 0 Å². The van der Waals surface area contributed by atoms with Crippen molar-refractivity contribution in [2.24, 2.45) is 0 Å². The van der Waals surface area contributed by atoms with E-state index in [2.05, 4.69) is 0 Å². The van der Waals surface area contributed by atoms with E-state index in [1.54, 1.807) is 19.2 Å². The van der Waals surface area contributed by atoms with Crippen molar-refractivity contribution in [3.05, 3.63) is 29.8 Å². The van der Waals surface area contributed by atoms with Crippen LogP contribution in [0.2, 0.25) is 0 Å². The second-order valence-electron chi connectivity index (χ2n) is 4.02. The summed E-state index contributed by atoms with van der Waals surface area (Å²) in [4.78, 5) is 0. The monoisotopic (exact) mass is 252 g/mol. The van der Waals surface area contributed by atoms with Crippen LogP contribution in [0.5, 0.6) is 0 Å². The SMILES string of the molecule is COCCCOCCOCCc1ccc([NH])cc1. The molecular weight excluding hydrogens is 230 g/mol. The van der Waals surface area contributed by atoms with Crippen LogP contribution in [0.25, 0.3) is 0 Å². The number of rotatable bonds is 10. The number of hydrogen-bond acceptors (Lipinski definition) is 3. The second kappa shape index (κ2) is 9.88. The van der Waals surface area contributed by atoms with Crippen molar-refractivity contribution in [2.45, 2.75) is 12.8 Å². The molecule has 1 aromatic carbocycles. The highest BCUT2D eigenvalue weighted by Crippen LogP contribution is 2.07. The molecule has 4 heteroatoms. The van der Waals surface area contributed by atoms with Gasteiger partial charge in [-0.2, -0.15) is 0 Å². The minimum absolute atomic E-state index is 0.545. The van der Waals surface area contributed by atoms with Crippen LogP contribution in [0.1, 0.15) is 12.0 Å². The van der Waals surface area contributed by atoms with Crippen LogP contribution in [-0.4, -0.2) is 40.1 Å². The minimum Gasteiger partial charge on any atom is -0.385 e. The summed E-state index contributed by atoms with van der Waals surface area (Å²) in [6, 6.07) is 7.53. The molecule has 0 atom stereocenters. The van der Waals surface area contributed by atoms with Gasteiger partial charge in [-0.15, -0.1) is 0 Å². The van der Waals surface area contributed by atoms with Crippen molar-refractivity contribution in [3.8, 4) is 0 Å². The summed E-state index contributed by atoms with van der Waals surface area (Å²) in [6.45, 7) is 3.42. The normalized spacial score (nSPS) is 10.7. The molecule has 1 N–H and O–H groups in total. The lowest BCUT2D eigenvalue weighted by Crippen LogP contribution is -2.08. The van der Waals surface area contributed by atoms with Gasteiger partial charge in [0.15, 0.2) is 0 Å². The Labute approximate surface area is 109 Å². The Balaban J connectivity index is 1.91. The number of nitrogens with one attached hydrogen (secondary N) is 1. The smallest absolute Gasteiger partial charge is 0.0700 e. The van der Waals surface area contributed by atoms with E-state index in [4.69, 9.17) is 19.9 Å². The van der Waals surface area contributed by atoms with E-state index in [0.717, 1.165) is 26.1 Å². The molecular formula is C14H22NO3. The molecule has 0 aliphatic carbocycles. The third-order valence-corrected chi connectivity index (χ3v) is 2.50. The van der Waals surface area contributed by atoms with Crippen molar-refractivity contribution >= 4 is 5.69 Å². The van der Waals surface area contributed by atoms with Gasteiger partial charge in [0.05, 0.1) is 25.5 Å². The van der Waals surface area contributed by atoms with Crippen molar-refractivity contribution in [1.29, 1.82) is 0 Å². The maximum Gasteiger partial charge on any atom is 0.0700 e. The zero-order valence-corrected chi connectivity index (χ0v) is 11.0. The van der Waals surface area contributed by atoms with Crippen molar-refractivity contribution < 1.29 is 14.2 Å². The quantitative estimate of drug-likeness (QED) is 0.600. The van der Waals surface area contributed by atoms with Gasteiger partial charge in [0.2, 0.25) is 0 Å². The van der Waals surface area contributed by atoms with E-state index in [9.17, 15) is 0 Å². The molecule has 0 aromatic heterocycles. The van der Waals surface area contributed by atoms with Crippen LogP contribution in [0.15, 0.2) is 24.3 Å². The molecule has 0 saturated carbocycles. The first-order chi connectivity index (χ1) is 8.83. The molecule has 0 saturated heterocycles. The summed E-state index contributed by atoms with van der Waals surface area (Å²) in [5, 5.41) is 0. The zero-order chi connectivity index (χ0) is 13.1. The molecule has 0 fully saturated rings. The van der Waals surface area contributed by atoms with E-state index in [-0.39, 0.29) is 0 Å². The van der Waals surface area contributed by atoms with Crippen LogP contribution < -0.4 is 5.73 Å². The summed E-state index contributed by atoms with van der Waals surface area (Å²) in [5.74, 6) is 0. The van der Waals surface area contributed by atoms with E-state index in [1.165, 1.54) is 5.56 Å². The van der Waals surface area contributed by atoms with Gasteiger partial charge in [0.25, 0.3) is 0 Å². The largest absolute Gasteiger partial charge is 0.385 e. The van der Waals surface area contributed by atoms with Gasteiger partial charge < -0.3 is 19.9 Å². The Kier molecular flexibility index (Phi) is 8.21. The second-order valence-corrected chi connectivity index (χ2v) is 4.02. The molecule has 1 radical (unpaired) electrons. The van der Waals surface area contributed by atoms with Gasteiger partial charge in [0, 0.05) is 20.3 Å². The predicted octanol–water partition coefficient (Wildman–Crippen LogP) is 2.21. The fraction of sp³-hybridized carbons (Fsp3) is 0.571. The van der Waals surface area contributed by atoms with Crippen LogP contribution in [0.3, 0.4) is 0 Å². The minimum atomic E-state index is 0.545. The number of ether oxygens (including phenoxy) is 3. The summed E-state index contributed by atoms with van der Waals surface area (Å²) in [5.41, 5.74) is 9.12. The fourth-order valence-corrected chi connectivity index (χ4v) is 1.49. The Morgan fingerprint density at radius 1 is 0.889 bits per heavy atom. The van der Waals surface area contributed by atoms with Gasteiger partial charge in [0.1, 0.15) is 0 Å². The van der Waals surface area contributed by atoms with Crippen molar-refractivity contribution in [3.63, 3.8) is 0 Å². The summed E-state index contributed by atoms with van der Waals surface area (Å²) < 4.78 is 15.8. The highest BCUT2D eigenvalue weighted by Gasteiger charge is 1.94.